The van der Waals surface area contributed by atoms with E-state index in [0.29, 0.717) is 11.4 Å². The summed E-state index contributed by atoms with van der Waals surface area (Å²) in [5.41, 5.74) is 3.36. The molecule has 0 saturated heterocycles. The lowest BCUT2D eigenvalue weighted by molar-refractivity contribution is 0.0698. The highest BCUT2D eigenvalue weighted by molar-refractivity contribution is 5.95. The van der Waals surface area contributed by atoms with Crippen LogP contribution in [0.15, 0.2) is 66.7 Å². The lowest BCUT2D eigenvalue weighted by Gasteiger charge is -2.13. The average Bonchev–Trinajstić information content (AvgIpc) is 2.68. The zero-order chi connectivity index (χ0) is 19.2. The number of hydrogen-bond donors (Lipinski definition) is 2. The minimum atomic E-state index is -1.02. The second kappa shape index (κ2) is 8.36. The third-order valence-electron chi connectivity index (χ3n) is 4.31. The van der Waals surface area contributed by atoms with E-state index in [-0.39, 0.29) is 11.4 Å². The van der Waals surface area contributed by atoms with E-state index in [9.17, 15) is 14.3 Å². The summed E-state index contributed by atoms with van der Waals surface area (Å²) in [7, 11) is 1.64. The van der Waals surface area contributed by atoms with Gasteiger partial charge in [0.1, 0.15) is 11.6 Å². The van der Waals surface area contributed by atoms with Gasteiger partial charge in [0.15, 0.2) is 0 Å². The van der Waals surface area contributed by atoms with E-state index >= 15 is 0 Å². The summed E-state index contributed by atoms with van der Waals surface area (Å²) in [6, 6.07) is 18.9. The van der Waals surface area contributed by atoms with E-state index in [1.54, 1.807) is 25.3 Å². The topological polar surface area (TPSA) is 58.6 Å². The molecule has 2 N–H and O–H groups in total. The standard InChI is InChI=1S/C22H20FNO3/c1-27-21-5-3-2-4-16(21)8-6-15-7-13-19(22(25)26)20(14-15)24-18-11-9-17(23)10-12-18/h2-5,7,9-14,24H,6,8H2,1H3,(H,25,26). The largest absolute Gasteiger partial charge is 0.496 e. The highest BCUT2D eigenvalue weighted by atomic mass is 19.1. The normalized spacial score (nSPS) is 10.4. The Morgan fingerprint density at radius 2 is 1.78 bits per heavy atom. The molecule has 0 heterocycles. The Morgan fingerprint density at radius 1 is 1.04 bits per heavy atom. The van der Waals surface area contributed by atoms with Crippen LogP contribution < -0.4 is 10.1 Å². The second-order valence-corrected chi connectivity index (χ2v) is 6.13. The quantitative estimate of drug-likeness (QED) is 0.614. The van der Waals surface area contributed by atoms with Crippen LogP contribution >= 0.6 is 0 Å². The van der Waals surface area contributed by atoms with Crippen molar-refractivity contribution in [3.63, 3.8) is 0 Å². The number of halogens is 1. The number of anilines is 2. The summed E-state index contributed by atoms with van der Waals surface area (Å²) < 4.78 is 18.5. The Balaban J connectivity index is 1.82. The predicted octanol–water partition coefficient (Wildman–Crippen LogP) is 5.06. The van der Waals surface area contributed by atoms with Crippen molar-refractivity contribution in [2.24, 2.45) is 0 Å². The van der Waals surface area contributed by atoms with Crippen LogP contribution in [0.4, 0.5) is 15.8 Å². The molecule has 138 valence electrons. The summed E-state index contributed by atoms with van der Waals surface area (Å²) in [6.07, 6.45) is 1.50. The van der Waals surface area contributed by atoms with E-state index in [1.165, 1.54) is 12.1 Å². The maximum atomic E-state index is 13.1. The molecule has 4 nitrogen and oxygen atoms in total. The molecule has 5 heteroatoms. The van der Waals surface area contributed by atoms with Gasteiger partial charge in [0.2, 0.25) is 0 Å². The number of ether oxygens (including phenoxy) is 1. The van der Waals surface area contributed by atoms with Gasteiger partial charge in [0.05, 0.1) is 18.4 Å². The van der Waals surface area contributed by atoms with Crippen LogP contribution in [0, 0.1) is 5.82 Å². The molecular formula is C22H20FNO3. The minimum absolute atomic E-state index is 0.167. The molecule has 0 radical (unpaired) electrons. The number of aryl methyl sites for hydroxylation is 2. The summed E-state index contributed by atoms with van der Waals surface area (Å²) in [4.78, 5) is 11.5. The van der Waals surface area contributed by atoms with Crippen LogP contribution in [0.25, 0.3) is 0 Å². The first-order valence-corrected chi connectivity index (χ1v) is 8.57. The molecule has 0 aliphatic rings. The Morgan fingerprint density at radius 3 is 2.48 bits per heavy atom. The summed E-state index contributed by atoms with van der Waals surface area (Å²) in [6.45, 7) is 0. The van der Waals surface area contributed by atoms with E-state index in [4.69, 9.17) is 4.74 Å². The van der Waals surface area contributed by atoms with Gasteiger partial charge in [-0.05, 0) is 66.4 Å². The molecule has 3 aromatic rings. The fraction of sp³-hybridized carbons (Fsp3) is 0.136. The Labute approximate surface area is 157 Å². The van der Waals surface area contributed by atoms with Crippen molar-refractivity contribution in [2.75, 3.05) is 12.4 Å². The molecule has 0 atom stereocenters. The monoisotopic (exact) mass is 365 g/mol. The zero-order valence-electron chi connectivity index (χ0n) is 14.9. The van der Waals surface area contributed by atoms with E-state index in [0.717, 1.165) is 29.7 Å². The van der Waals surface area contributed by atoms with Crippen LogP contribution in [-0.4, -0.2) is 18.2 Å². The molecule has 0 saturated carbocycles. The fourth-order valence-electron chi connectivity index (χ4n) is 2.91. The van der Waals surface area contributed by atoms with E-state index < -0.39 is 5.97 Å². The molecular weight excluding hydrogens is 345 g/mol. The number of aromatic carboxylic acids is 1. The van der Waals surface area contributed by atoms with Gasteiger partial charge >= 0.3 is 5.97 Å². The Hall–Kier alpha value is -3.34. The fourth-order valence-corrected chi connectivity index (χ4v) is 2.91. The lowest BCUT2D eigenvalue weighted by Crippen LogP contribution is -2.04. The summed E-state index contributed by atoms with van der Waals surface area (Å²) in [5.74, 6) is -0.523. The van der Waals surface area contributed by atoms with Crippen LogP contribution in [0.5, 0.6) is 5.75 Å². The first-order chi connectivity index (χ1) is 13.1. The maximum Gasteiger partial charge on any atom is 0.337 e. The maximum absolute atomic E-state index is 13.1. The minimum Gasteiger partial charge on any atom is -0.496 e. The lowest BCUT2D eigenvalue weighted by atomic mass is 10.0. The molecule has 0 unspecified atom stereocenters. The van der Waals surface area contributed by atoms with Crippen molar-refractivity contribution in [3.8, 4) is 5.75 Å². The molecule has 0 aliphatic carbocycles. The van der Waals surface area contributed by atoms with Crippen LogP contribution in [-0.2, 0) is 12.8 Å². The number of carboxylic acids is 1. The SMILES string of the molecule is COc1ccccc1CCc1ccc(C(=O)O)c(Nc2ccc(F)cc2)c1. The van der Waals surface area contributed by atoms with E-state index in [2.05, 4.69) is 5.32 Å². The van der Waals surface area contributed by atoms with Gasteiger partial charge in [-0.1, -0.05) is 24.3 Å². The van der Waals surface area contributed by atoms with Gasteiger partial charge in [0, 0.05) is 5.69 Å². The van der Waals surface area contributed by atoms with Gasteiger partial charge in [0.25, 0.3) is 0 Å². The van der Waals surface area contributed by atoms with Crippen LogP contribution in [0.2, 0.25) is 0 Å². The average molecular weight is 365 g/mol. The molecule has 27 heavy (non-hydrogen) atoms. The summed E-state index contributed by atoms with van der Waals surface area (Å²) >= 11 is 0. The number of nitrogens with one attached hydrogen (secondary N) is 1. The molecule has 0 aliphatic heterocycles. The van der Waals surface area contributed by atoms with Gasteiger partial charge in [-0.25, -0.2) is 9.18 Å². The number of hydrogen-bond acceptors (Lipinski definition) is 3. The predicted molar refractivity (Wildman–Crippen MR) is 103 cm³/mol. The van der Waals surface area contributed by atoms with Gasteiger partial charge in [-0.2, -0.15) is 0 Å². The number of para-hydroxylation sites is 1. The van der Waals surface area contributed by atoms with Crippen LogP contribution in [0.3, 0.4) is 0 Å². The molecule has 0 bridgehead atoms. The third kappa shape index (κ3) is 4.64. The molecule has 3 aromatic carbocycles. The van der Waals surface area contributed by atoms with E-state index in [1.807, 2.05) is 36.4 Å². The molecule has 3 rings (SSSR count). The first kappa shape index (κ1) is 18.5. The first-order valence-electron chi connectivity index (χ1n) is 8.57. The highest BCUT2D eigenvalue weighted by Crippen LogP contribution is 2.25. The number of methoxy groups -OCH3 is 1. The van der Waals surface area contributed by atoms with Gasteiger partial charge in [-0.3, -0.25) is 0 Å². The molecule has 0 fully saturated rings. The second-order valence-electron chi connectivity index (χ2n) is 6.13. The van der Waals surface area contributed by atoms with Crippen molar-refractivity contribution in [3.05, 3.63) is 89.2 Å². The third-order valence-corrected chi connectivity index (χ3v) is 4.31. The van der Waals surface area contributed by atoms with Gasteiger partial charge in [-0.15, -0.1) is 0 Å². The smallest absolute Gasteiger partial charge is 0.337 e. The zero-order valence-corrected chi connectivity index (χ0v) is 14.9. The number of rotatable bonds is 7. The van der Waals surface area contributed by atoms with Crippen molar-refractivity contribution in [2.45, 2.75) is 12.8 Å². The number of benzene rings is 3. The van der Waals surface area contributed by atoms with Crippen LogP contribution in [0.1, 0.15) is 21.5 Å². The molecule has 0 amide bonds. The molecule has 0 spiro atoms. The van der Waals surface area contributed by atoms with Crippen molar-refractivity contribution >= 4 is 17.3 Å². The molecule has 0 aromatic heterocycles. The van der Waals surface area contributed by atoms with Crippen molar-refractivity contribution < 1.29 is 19.0 Å². The van der Waals surface area contributed by atoms with Crippen molar-refractivity contribution in [1.82, 2.24) is 0 Å². The number of carbonyl (C=O) groups is 1. The highest BCUT2D eigenvalue weighted by Gasteiger charge is 2.12. The number of carboxylic acid groups (broad SMARTS) is 1. The Bertz CT molecular complexity index is 939. The van der Waals surface area contributed by atoms with Gasteiger partial charge < -0.3 is 15.2 Å². The van der Waals surface area contributed by atoms with Crippen molar-refractivity contribution in [1.29, 1.82) is 0 Å². The Kier molecular flexibility index (Phi) is 5.71. The summed E-state index contributed by atoms with van der Waals surface area (Å²) in [5, 5.41) is 12.5.